The van der Waals surface area contributed by atoms with Crippen molar-refractivity contribution in [2.45, 2.75) is 38.6 Å². The van der Waals surface area contributed by atoms with Crippen LogP contribution in [0, 0.1) is 6.92 Å². The number of carbonyl (C=O) groups is 2. The minimum atomic E-state index is 0.0637. The van der Waals surface area contributed by atoms with E-state index < -0.39 is 0 Å². The normalized spacial score (nSPS) is 15.6. The summed E-state index contributed by atoms with van der Waals surface area (Å²) in [4.78, 5) is 26.0. The van der Waals surface area contributed by atoms with Gasteiger partial charge in [-0.1, -0.05) is 17.7 Å². The molecule has 0 unspecified atom stereocenters. The van der Waals surface area contributed by atoms with Crippen LogP contribution in [0.4, 0.5) is 0 Å². The summed E-state index contributed by atoms with van der Waals surface area (Å²) >= 11 is 0. The summed E-state index contributed by atoms with van der Waals surface area (Å²) in [7, 11) is 0. The Balaban J connectivity index is 1.80. The fourth-order valence-electron chi connectivity index (χ4n) is 2.67. The van der Waals surface area contributed by atoms with Gasteiger partial charge in [-0.15, -0.1) is 0 Å². The van der Waals surface area contributed by atoms with Gasteiger partial charge in [0.05, 0.1) is 0 Å². The molecule has 1 saturated heterocycles. The van der Waals surface area contributed by atoms with Gasteiger partial charge in [-0.25, -0.2) is 0 Å². The minimum absolute atomic E-state index is 0.0637. The van der Waals surface area contributed by atoms with Crippen LogP contribution in [-0.2, 0) is 4.79 Å². The molecular formula is C17H25N3O2. The van der Waals surface area contributed by atoms with E-state index in [0.717, 1.165) is 30.4 Å². The number of likely N-dealkylation sites (tertiary alicyclic amines) is 1. The van der Waals surface area contributed by atoms with Crippen molar-refractivity contribution in [3.05, 3.63) is 35.4 Å². The lowest BCUT2D eigenvalue weighted by atomic mass is 10.0. The highest BCUT2D eigenvalue weighted by Gasteiger charge is 2.24. The largest absolute Gasteiger partial charge is 0.353 e. The monoisotopic (exact) mass is 303 g/mol. The zero-order valence-electron chi connectivity index (χ0n) is 13.2. The van der Waals surface area contributed by atoms with Gasteiger partial charge in [-0.3, -0.25) is 9.59 Å². The highest BCUT2D eigenvalue weighted by Crippen LogP contribution is 2.14. The Hall–Kier alpha value is -1.88. The fraction of sp³-hybridized carbons (Fsp3) is 0.529. The molecule has 1 heterocycles. The first kappa shape index (κ1) is 16.5. The van der Waals surface area contributed by atoms with E-state index in [1.54, 1.807) is 0 Å². The summed E-state index contributed by atoms with van der Waals surface area (Å²) in [6.07, 6.45) is 2.83. The van der Waals surface area contributed by atoms with E-state index in [-0.39, 0.29) is 17.9 Å². The number of hydrogen-bond donors (Lipinski definition) is 2. The molecule has 0 aromatic heterocycles. The van der Waals surface area contributed by atoms with E-state index >= 15 is 0 Å². The van der Waals surface area contributed by atoms with Crippen LogP contribution in [0.25, 0.3) is 0 Å². The van der Waals surface area contributed by atoms with Crippen LogP contribution < -0.4 is 11.1 Å². The minimum Gasteiger partial charge on any atom is -0.353 e. The van der Waals surface area contributed by atoms with E-state index in [1.165, 1.54) is 0 Å². The van der Waals surface area contributed by atoms with Gasteiger partial charge < -0.3 is 16.0 Å². The summed E-state index contributed by atoms with van der Waals surface area (Å²) < 4.78 is 0. The molecule has 5 heteroatoms. The van der Waals surface area contributed by atoms with E-state index in [2.05, 4.69) is 5.32 Å². The number of piperidine rings is 1. The molecular weight excluding hydrogens is 278 g/mol. The number of aryl methyl sites for hydroxylation is 1. The van der Waals surface area contributed by atoms with Crippen molar-refractivity contribution in [2.75, 3.05) is 19.6 Å². The van der Waals surface area contributed by atoms with Crippen molar-refractivity contribution in [1.82, 2.24) is 10.2 Å². The van der Waals surface area contributed by atoms with E-state index in [0.29, 0.717) is 26.1 Å². The number of amides is 2. The number of nitrogens with zero attached hydrogens (tertiary/aromatic N) is 1. The van der Waals surface area contributed by atoms with Crippen molar-refractivity contribution < 1.29 is 9.59 Å². The van der Waals surface area contributed by atoms with Gasteiger partial charge in [0.15, 0.2) is 0 Å². The lowest BCUT2D eigenvalue weighted by Gasteiger charge is -2.32. The number of hydrogen-bond acceptors (Lipinski definition) is 3. The predicted molar refractivity (Wildman–Crippen MR) is 86.5 cm³/mol. The standard InChI is InChI=1S/C17H25N3O2/c1-13-4-6-14(7-5-13)17(22)20-11-8-15(9-12-20)19-16(21)3-2-10-18/h4-7,15H,2-3,8-12,18H2,1H3,(H,19,21). The molecule has 3 N–H and O–H groups in total. The van der Waals surface area contributed by atoms with Gasteiger partial charge >= 0.3 is 0 Å². The maximum absolute atomic E-state index is 12.4. The zero-order chi connectivity index (χ0) is 15.9. The summed E-state index contributed by atoms with van der Waals surface area (Å²) in [5.74, 6) is 0.140. The van der Waals surface area contributed by atoms with Crippen molar-refractivity contribution in [3.63, 3.8) is 0 Å². The molecule has 2 rings (SSSR count). The van der Waals surface area contributed by atoms with E-state index in [4.69, 9.17) is 5.73 Å². The number of benzene rings is 1. The maximum Gasteiger partial charge on any atom is 0.253 e. The molecule has 0 atom stereocenters. The molecule has 120 valence electrons. The smallest absolute Gasteiger partial charge is 0.253 e. The summed E-state index contributed by atoms with van der Waals surface area (Å²) in [6.45, 7) is 3.92. The fourth-order valence-corrected chi connectivity index (χ4v) is 2.67. The number of rotatable bonds is 5. The Morgan fingerprint density at radius 1 is 1.23 bits per heavy atom. The van der Waals surface area contributed by atoms with Crippen LogP contribution in [0.15, 0.2) is 24.3 Å². The Bertz CT molecular complexity index is 505. The molecule has 1 aliphatic rings. The van der Waals surface area contributed by atoms with E-state index in [9.17, 15) is 9.59 Å². The molecule has 1 aromatic carbocycles. The molecule has 1 fully saturated rings. The van der Waals surface area contributed by atoms with Gasteiger partial charge in [-0.05, 0) is 44.9 Å². The van der Waals surface area contributed by atoms with Gasteiger partial charge in [0.25, 0.3) is 5.91 Å². The quantitative estimate of drug-likeness (QED) is 0.864. The van der Waals surface area contributed by atoms with Crippen LogP contribution in [0.3, 0.4) is 0 Å². The van der Waals surface area contributed by atoms with Gasteiger partial charge in [0.2, 0.25) is 5.91 Å². The molecule has 1 aromatic rings. The average Bonchev–Trinajstić information content (AvgIpc) is 2.54. The second-order valence-corrected chi connectivity index (χ2v) is 5.89. The second-order valence-electron chi connectivity index (χ2n) is 5.89. The lowest BCUT2D eigenvalue weighted by Crippen LogP contribution is -2.46. The van der Waals surface area contributed by atoms with Crippen LogP contribution in [0.2, 0.25) is 0 Å². The first-order valence-corrected chi connectivity index (χ1v) is 7.95. The van der Waals surface area contributed by atoms with Gasteiger partial charge in [0, 0.05) is 31.1 Å². The average molecular weight is 303 g/mol. The summed E-state index contributed by atoms with van der Waals surface area (Å²) in [5, 5.41) is 3.03. The Labute approximate surface area is 131 Å². The maximum atomic E-state index is 12.4. The van der Waals surface area contributed by atoms with E-state index in [1.807, 2.05) is 36.1 Å². The van der Waals surface area contributed by atoms with Crippen LogP contribution in [0.5, 0.6) is 0 Å². The first-order chi connectivity index (χ1) is 10.6. The molecule has 1 aliphatic heterocycles. The van der Waals surface area contributed by atoms with Crippen molar-refractivity contribution in [3.8, 4) is 0 Å². The Kier molecular flexibility index (Phi) is 5.95. The summed E-state index contributed by atoms with van der Waals surface area (Å²) in [6, 6.07) is 7.83. The van der Waals surface area contributed by atoms with Crippen LogP contribution >= 0.6 is 0 Å². The zero-order valence-corrected chi connectivity index (χ0v) is 13.2. The third kappa shape index (κ3) is 4.56. The first-order valence-electron chi connectivity index (χ1n) is 7.95. The SMILES string of the molecule is Cc1ccc(C(=O)N2CCC(NC(=O)CCCN)CC2)cc1. The second kappa shape index (κ2) is 7.94. The van der Waals surface area contributed by atoms with Crippen molar-refractivity contribution in [2.24, 2.45) is 5.73 Å². The molecule has 0 aliphatic carbocycles. The number of nitrogens with two attached hydrogens (primary N) is 1. The number of nitrogens with one attached hydrogen (secondary N) is 1. The van der Waals surface area contributed by atoms with Gasteiger partial charge in [-0.2, -0.15) is 0 Å². The topological polar surface area (TPSA) is 75.4 Å². The molecule has 0 spiro atoms. The third-order valence-corrected chi connectivity index (χ3v) is 4.05. The third-order valence-electron chi connectivity index (χ3n) is 4.05. The number of carbonyl (C=O) groups excluding carboxylic acids is 2. The Morgan fingerprint density at radius 2 is 1.86 bits per heavy atom. The molecule has 0 radical (unpaired) electrons. The van der Waals surface area contributed by atoms with Crippen molar-refractivity contribution in [1.29, 1.82) is 0 Å². The van der Waals surface area contributed by atoms with Gasteiger partial charge in [0.1, 0.15) is 0 Å². The molecule has 0 saturated carbocycles. The highest BCUT2D eigenvalue weighted by molar-refractivity contribution is 5.94. The van der Waals surface area contributed by atoms with Crippen molar-refractivity contribution >= 4 is 11.8 Å². The molecule has 2 amide bonds. The Morgan fingerprint density at radius 3 is 2.45 bits per heavy atom. The van der Waals surface area contributed by atoms with Crippen LogP contribution in [-0.4, -0.2) is 42.4 Å². The lowest BCUT2D eigenvalue weighted by molar-refractivity contribution is -0.122. The summed E-state index contributed by atoms with van der Waals surface area (Å²) in [5.41, 5.74) is 7.28. The highest BCUT2D eigenvalue weighted by atomic mass is 16.2. The predicted octanol–water partition coefficient (Wildman–Crippen LogP) is 1.45. The molecule has 5 nitrogen and oxygen atoms in total. The molecule has 22 heavy (non-hydrogen) atoms. The van der Waals surface area contributed by atoms with Crippen LogP contribution in [0.1, 0.15) is 41.6 Å². The molecule has 0 bridgehead atoms.